The van der Waals surface area contributed by atoms with E-state index >= 15 is 0 Å². The number of hydrogen-bond donors (Lipinski definition) is 3. The summed E-state index contributed by atoms with van der Waals surface area (Å²) in [6.07, 6.45) is 10.9. The van der Waals surface area contributed by atoms with Gasteiger partial charge in [-0.05, 0) is 60.5 Å². The average molecular weight is 445 g/mol. The van der Waals surface area contributed by atoms with Crippen LogP contribution in [0.4, 0.5) is 5.69 Å². The van der Waals surface area contributed by atoms with Crippen LogP contribution in [0.5, 0.6) is 0 Å². The highest BCUT2D eigenvalue weighted by Crippen LogP contribution is 2.25. The van der Waals surface area contributed by atoms with Gasteiger partial charge in [0.15, 0.2) is 0 Å². The highest BCUT2D eigenvalue weighted by atomic mass is 15.1. The zero-order chi connectivity index (χ0) is 23.3. The molecule has 0 amide bonds. The van der Waals surface area contributed by atoms with Crippen molar-refractivity contribution in [1.29, 1.82) is 0 Å². The zero-order valence-corrected chi connectivity index (χ0v) is 18.8. The SMILES string of the molecule is C=C(/C=C\N=C(/C)c1ccc2cc(-c3cccnc3)[nH]c2c1)Nc1ccc(-c2cn[nH]c2)cc1. The molecule has 6 heteroatoms. The number of nitrogens with one attached hydrogen (secondary N) is 3. The number of pyridine rings is 1. The Labute approximate surface area is 197 Å². The second-order valence-corrected chi connectivity index (χ2v) is 7.97. The first-order valence-electron chi connectivity index (χ1n) is 11.0. The van der Waals surface area contributed by atoms with Gasteiger partial charge in [-0.1, -0.05) is 30.8 Å². The summed E-state index contributed by atoms with van der Waals surface area (Å²) in [5.41, 5.74) is 9.05. The van der Waals surface area contributed by atoms with E-state index in [1.807, 2.05) is 61.8 Å². The predicted octanol–water partition coefficient (Wildman–Crippen LogP) is 6.57. The molecular formula is C28H24N6. The molecule has 0 bridgehead atoms. The molecule has 0 spiro atoms. The molecule has 0 aliphatic carbocycles. The van der Waals surface area contributed by atoms with Gasteiger partial charge in [-0.15, -0.1) is 0 Å². The average Bonchev–Trinajstić information content (AvgIpc) is 3.55. The summed E-state index contributed by atoms with van der Waals surface area (Å²) in [7, 11) is 0. The maximum atomic E-state index is 4.60. The molecule has 0 saturated heterocycles. The van der Waals surface area contributed by atoms with E-state index in [1.165, 1.54) is 0 Å². The molecule has 6 nitrogen and oxygen atoms in total. The minimum Gasteiger partial charge on any atom is -0.356 e. The molecular weight excluding hydrogens is 420 g/mol. The van der Waals surface area contributed by atoms with Crippen molar-refractivity contribution in [2.24, 2.45) is 4.99 Å². The van der Waals surface area contributed by atoms with Crippen LogP contribution in [0, 0.1) is 0 Å². The van der Waals surface area contributed by atoms with Crippen molar-refractivity contribution in [2.45, 2.75) is 6.92 Å². The van der Waals surface area contributed by atoms with E-state index in [1.54, 1.807) is 18.6 Å². The lowest BCUT2D eigenvalue weighted by Crippen LogP contribution is -1.95. The van der Waals surface area contributed by atoms with E-state index in [0.29, 0.717) is 0 Å². The first kappa shape index (κ1) is 21.2. The van der Waals surface area contributed by atoms with Crippen molar-refractivity contribution >= 4 is 22.3 Å². The predicted molar refractivity (Wildman–Crippen MR) is 140 cm³/mol. The Balaban J connectivity index is 1.24. The summed E-state index contributed by atoms with van der Waals surface area (Å²) >= 11 is 0. The second-order valence-electron chi connectivity index (χ2n) is 7.97. The zero-order valence-electron chi connectivity index (χ0n) is 18.8. The monoisotopic (exact) mass is 444 g/mol. The van der Waals surface area contributed by atoms with E-state index in [4.69, 9.17) is 0 Å². The summed E-state index contributed by atoms with van der Waals surface area (Å²) in [5.74, 6) is 0. The van der Waals surface area contributed by atoms with Gasteiger partial charge in [0, 0.05) is 69.6 Å². The van der Waals surface area contributed by atoms with E-state index in [-0.39, 0.29) is 0 Å². The number of nitrogens with zero attached hydrogens (tertiary/aromatic N) is 3. The molecule has 0 atom stereocenters. The first-order valence-corrected chi connectivity index (χ1v) is 11.0. The topological polar surface area (TPSA) is 81.8 Å². The maximum absolute atomic E-state index is 4.60. The lowest BCUT2D eigenvalue weighted by atomic mass is 10.1. The van der Waals surface area contributed by atoms with Crippen LogP contribution in [0.15, 0.2) is 115 Å². The highest BCUT2D eigenvalue weighted by molar-refractivity contribution is 6.02. The number of anilines is 1. The van der Waals surface area contributed by atoms with Crippen LogP contribution in [0.2, 0.25) is 0 Å². The molecule has 3 heterocycles. The van der Waals surface area contributed by atoms with Crippen LogP contribution >= 0.6 is 0 Å². The summed E-state index contributed by atoms with van der Waals surface area (Å²) in [5, 5.41) is 11.3. The fourth-order valence-electron chi connectivity index (χ4n) is 3.73. The quantitative estimate of drug-likeness (QED) is 0.196. The molecule has 2 aromatic carbocycles. The number of aliphatic imine (C=N–C) groups is 1. The van der Waals surface area contributed by atoms with Gasteiger partial charge in [0.1, 0.15) is 0 Å². The van der Waals surface area contributed by atoms with Crippen LogP contribution in [0.1, 0.15) is 12.5 Å². The van der Waals surface area contributed by atoms with Crippen LogP contribution < -0.4 is 5.32 Å². The van der Waals surface area contributed by atoms with Gasteiger partial charge >= 0.3 is 0 Å². The summed E-state index contributed by atoms with van der Waals surface area (Å²) in [6.45, 7) is 6.07. The van der Waals surface area contributed by atoms with Crippen LogP contribution in [0.25, 0.3) is 33.3 Å². The highest BCUT2D eigenvalue weighted by Gasteiger charge is 2.05. The minimum absolute atomic E-state index is 0.758. The number of aromatic amines is 2. The fourth-order valence-corrected chi connectivity index (χ4v) is 3.73. The van der Waals surface area contributed by atoms with Crippen molar-refractivity contribution in [3.8, 4) is 22.4 Å². The smallest absolute Gasteiger partial charge is 0.0565 e. The number of benzene rings is 2. The second kappa shape index (κ2) is 9.42. The molecule has 166 valence electrons. The van der Waals surface area contributed by atoms with Gasteiger partial charge in [0.05, 0.1) is 6.20 Å². The Kier molecular flexibility index (Phi) is 5.86. The third-order valence-corrected chi connectivity index (χ3v) is 5.58. The molecule has 0 aliphatic rings. The lowest BCUT2D eigenvalue weighted by Gasteiger charge is -2.06. The molecule has 0 unspecified atom stereocenters. The molecule has 5 rings (SSSR count). The summed E-state index contributed by atoms with van der Waals surface area (Å²) in [4.78, 5) is 12.3. The normalized spacial score (nSPS) is 11.9. The van der Waals surface area contributed by atoms with Crippen LogP contribution in [-0.2, 0) is 0 Å². The van der Waals surface area contributed by atoms with Gasteiger partial charge in [-0.25, -0.2) is 0 Å². The van der Waals surface area contributed by atoms with Crippen LogP contribution in [-0.4, -0.2) is 25.9 Å². The van der Waals surface area contributed by atoms with Crippen molar-refractivity contribution in [2.75, 3.05) is 5.32 Å². The standard InChI is InChI=1S/C28H24N6/c1-19(33-26-9-7-21(8-10-26)25-17-31-32-18-25)11-13-30-20(2)22-5-6-23-15-28(34-27(23)14-22)24-4-3-12-29-16-24/h3-18,33-34H,1H2,2H3,(H,31,32)/b13-11-,30-20+. The maximum Gasteiger partial charge on any atom is 0.0565 e. The molecule has 0 fully saturated rings. The molecule has 34 heavy (non-hydrogen) atoms. The molecule has 0 aliphatic heterocycles. The third kappa shape index (κ3) is 4.71. The molecule has 0 radical (unpaired) electrons. The van der Waals surface area contributed by atoms with E-state index < -0.39 is 0 Å². The number of rotatable bonds is 7. The first-order chi connectivity index (χ1) is 16.7. The number of aromatic nitrogens is 4. The molecule has 3 N–H and O–H groups in total. The third-order valence-electron chi connectivity index (χ3n) is 5.58. The van der Waals surface area contributed by atoms with Crippen molar-refractivity contribution in [3.63, 3.8) is 0 Å². The summed E-state index contributed by atoms with van der Waals surface area (Å²) < 4.78 is 0. The Bertz CT molecular complexity index is 1470. The van der Waals surface area contributed by atoms with Crippen molar-refractivity contribution in [1.82, 2.24) is 20.2 Å². The molecule has 3 aromatic heterocycles. The van der Waals surface area contributed by atoms with Crippen molar-refractivity contribution in [3.05, 3.63) is 116 Å². The Morgan fingerprint density at radius 3 is 2.65 bits per heavy atom. The Hall–Kier alpha value is -4.71. The summed E-state index contributed by atoms with van der Waals surface area (Å²) in [6, 6.07) is 20.6. The number of H-pyrrole nitrogens is 2. The van der Waals surface area contributed by atoms with Crippen molar-refractivity contribution < 1.29 is 0 Å². The number of allylic oxidation sites excluding steroid dienone is 1. The number of hydrogen-bond acceptors (Lipinski definition) is 4. The van der Waals surface area contributed by atoms with Gasteiger partial charge < -0.3 is 10.3 Å². The van der Waals surface area contributed by atoms with E-state index in [0.717, 1.165) is 55.9 Å². The number of fused-ring (bicyclic) bond motifs is 1. The fraction of sp³-hybridized carbons (Fsp3) is 0.0357. The van der Waals surface area contributed by atoms with E-state index in [9.17, 15) is 0 Å². The van der Waals surface area contributed by atoms with Gasteiger partial charge in [0.2, 0.25) is 0 Å². The Morgan fingerprint density at radius 2 is 1.88 bits per heavy atom. The van der Waals surface area contributed by atoms with Gasteiger partial charge in [0.25, 0.3) is 0 Å². The largest absolute Gasteiger partial charge is 0.356 e. The van der Waals surface area contributed by atoms with Gasteiger partial charge in [-0.3, -0.25) is 15.1 Å². The minimum atomic E-state index is 0.758. The Morgan fingerprint density at radius 1 is 1.00 bits per heavy atom. The van der Waals surface area contributed by atoms with Crippen LogP contribution in [0.3, 0.4) is 0 Å². The van der Waals surface area contributed by atoms with E-state index in [2.05, 4.69) is 61.3 Å². The molecule has 0 saturated carbocycles. The lowest BCUT2D eigenvalue weighted by molar-refractivity contribution is 1.09. The molecule has 5 aromatic rings. The van der Waals surface area contributed by atoms with Gasteiger partial charge in [-0.2, -0.15) is 5.10 Å².